The monoisotopic (exact) mass is 1970 g/mol. The van der Waals surface area contributed by atoms with Crippen LogP contribution in [0.15, 0.2) is 71.5 Å². The third kappa shape index (κ3) is 37.7. The SMILES string of the molecule is Nc1nc2[nH]c(CCCc3ccc(C(=O)C[C@@H](CCC(=O)NCCCC[C@H](NC(=O)[C@H](CCC(=O)NC[C@H](O)[C@@H](O)[C@H](O)[C@H](O)CO)CC(=O)[C@H](CCC(=O)O)NC(=O)[C@H](CCC(=O)NC[C@H](O)[C@@H](O)[C@H](O)[C@H](O)CO)CC(=O)[C@H](CCC(=O)O)NC(=O)[C@H](CCC(=O)NC[C@H](O)[C@@H](O)[C@H](O)[C@H](O)CO)CC(=O)CCSCC4c5ccccc5-c5ccccc54)C(=O)O)C(=O)O)s3)cc2c(=O)[nH]1. The van der Waals surface area contributed by atoms with Crippen molar-refractivity contribution < 1.29 is 169 Å². The van der Waals surface area contributed by atoms with Gasteiger partial charge in [-0.1, -0.05) is 48.5 Å². The molecule has 0 fully saturated rings. The van der Waals surface area contributed by atoms with Gasteiger partial charge in [-0.05, 0) is 118 Å². The van der Waals surface area contributed by atoms with Crippen molar-refractivity contribution in [1.82, 2.24) is 52.2 Å². The maximum atomic E-state index is 15.0. The van der Waals surface area contributed by atoms with Crippen molar-refractivity contribution >= 4 is 128 Å². The van der Waals surface area contributed by atoms with Gasteiger partial charge in [-0.25, -0.2) is 4.79 Å². The van der Waals surface area contributed by atoms with Crippen molar-refractivity contribution in [1.29, 1.82) is 0 Å². The van der Waals surface area contributed by atoms with E-state index in [1.807, 2.05) is 48.5 Å². The molecule has 46 nitrogen and oxygen atoms in total. The first-order valence-electron chi connectivity index (χ1n) is 44.6. The van der Waals surface area contributed by atoms with E-state index in [1.165, 1.54) is 23.1 Å². The van der Waals surface area contributed by atoms with E-state index in [9.17, 15) is 169 Å². The number of aryl methyl sites for hydroxylation is 2. The molecule has 3 heterocycles. The van der Waals surface area contributed by atoms with Crippen LogP contribution in [0, 0.1) is 23.7 Å². The summed E-state index contributed by atoms with van der Waals surface area (Å²) in [6.45, 7) is -5.87. The Labute approximate surface area is 792 Å². The number of amides is 7. The van der Waals surface area contributed by atoms with E-state index in [1.54, 1.807) is 18.2 Å². The molecule has 0 bridgehead atoms. The molecule has 2 aromatic carbocycles. The number of hydrogen-bond donors (Lipinski definition) is 29. The summed E-state index contributed by atoms with van der Waals surface area (Å²) in [6, 6.07) is 14.7. The van der Waals surface area contributed by atoms with E-state index in [4.69, 9.17) is 5.73 Å². The van der Waals surface area contributed by atoms with Gasteiger partial charge in [0.05, 0.1) is 66.4 Å². The van der Waals surface area contributed by atoms with E-state index in [0.29, 0.717) is 40.9 Å². The number of H-pyrrole nitrogens is 2. The van der Waals surface area contributed by atoms with Gasteiger partial charge in [0.25, 0.3) is 5.56 Å². The summed E-state index contributed by atoms with van der Waals surface area (Å²) in [6.07, 6.45) is -35.6. The number of aromatic nitrogens is 3. The molecule has 48 heteroatoms. The molecule has 0 aliphatic heterocycles. The van der Waals surface area contributed by atoms with E-state index in [2.05, 4.69) is 52.2 Å². The number of ketones is 4. The molecular formula is C89H125N11O35S2. The number of Topliss-reactive ketones (excluding diaryl/α,β-unsaturated/α-hetero) is 4. The van der Waals surface area contributed by atoms with Gasteiger partial charge >= 0.3 is 23.9 Å². The molecule has 7 amide bonds. The lowest BCUT2D eigenvalue weighted by Gasteiger charge is -2.26. The molecular weight excluding hydrogens is 1850 g/mol. The first kappa shape index (κ1) is 115. The number of carbonyl (C=O) groups excluding carboxylic acids is 11. The number of anilines is 1. The Kier molecular flexibility index (Phi) is 48.5. The average molecular weight is 1970 g/mol. The van der Waals surface area contributed by atoms with Crippen LogP contribution < -0.4 is 48.5 Å². The number of hydrogen-bond acceptors (Lipinski definition) is 35. The van der Waals surface area contributed by atoms with Crippen LogP contribution >= 0.6 is 23.1 Å². The Hall–Kier alpha value is -11.0. The molecule has 1 aliphatic rings. The quantitative estimate of drug-likeness (QED) is 0.0129. The lowest BCUT2D eigenvalue weighted by atomic mass is 9.89. The van der Waals surface area contributed by atoms with Gasteiger partial charge < -0.3 is 145 Å². The molecule has 19 atom stereocenters. The smallest absolute Gasteiger partial charge is 0.326 e. The number of carboxylic acids is 4. The summed E-state index contributed by atoms with van der Waals surface area (Å²) in [5.41, 5.74) is 10.5. The third-order valence-corrected chi connectivity index (χ3v) is 25.6. The first-order chi connectivity index (χ1) is 64.9. The number of thiophene rings is 1. The number of nitrogens with one attached hydrogen (secondary N) is 9. The Bertz CT molecular complexity index is 4890. The molecule has 0 radical (unpaired) electrons. The fourth-order valence-corrected chi connectivity index (χ4v) is 17.3. The lowest BCUT2D eigenvalue weighted by molar-refractivity contribution is -0.143. The third-order valence-electron chi connectivity index (χ3n) is 23.4. The minimum atomic E-state index is -2.21. The predicted octanol–water partition coefficient (Wildman–Crippen LogP) is -4.66. The lowest BCUT2D eigenvalue weighted by Crippen LogP contribution is -2.50. The van der Waals surface area contributed by atoms with Crippen LogP contribution in [0.4, 0.5) is 5.95 Å². The highest BCUT2D eigenvalue weighted by Gasteiger charge is 2.39. The number of unbranched alkanes of at least 4 members (excludes halogenated alkanes) is 1. The normalized spacial score (nSPS) is 16.1. The fraction of sp³-hybridized carbons (Fsp3) is 0.584. The van der Waals surface area contributed by atoms with E-state index >= 15 is 4.79 Å². The number of fused-ring (bicyclic) bond motifs is 4. The highest BCUT2D eigenvalue weighted by atomic mass is 32.2. The van der Waals surface area contributed by atoms with Gasteiger partial charge in [0.2, 0.25) is 47.3 Å². The molecule has 758 valence electrons. The number of aliphatic carboxylic acids is 4. The maximum Gasteiger partial charge on any atom is 0.326 e. The van der Waals surface area contributed by atoms with Crippen molar-refractivity contribution in [3.05, 3.63) is 104 Å². The minimum absolute atomic E-state index is 0.0210. The van der Waals surface area contributed by atoms with Crippen molar-refractivity contribution in [2.24, 2.45) is 23.7 Å². The van der Waals surface area contributed by atoms with Crippen LogP contribution in [0.25, 0.3) is 22.2 Å². The zero-order valence-electron chi connectivity index (χ0n) is 74.9. The summed E-state index contributed by atoms with van der Waals surface area (Å²) in [5, 5.41) is 208. The molecule has 3 aromatic heterocycles. The van der Waals surface area contributed by atoms with E-state index in [0.717, 1.165) is 32.8 Å². The summed E-state index contributed by atoms with van der Waals surface area (Å²) in [7, 11) is 0. The number of nitrogen functional groups attached to an aromatic ring is 1. The number of carboxylic acid groups (broad SMARTS) is 4. The van der Waals surface area contributed by atoms with Gasteiger partial charge in [0, 0.05) is 143 Å². The van der Waals surface area contributed by atoms with Gasteiger partial charge in [-0.15, -0.1) is 11.3 Å². The molecule has 0 saturated heterocycles. The molecule has 1 aliphatic carbocycles. The molecule has 0 spiro atoms. The van der Waals surface area contributed by atoms with Gasteiger partial charge in [0.1, 0.15) is 72.4 Å². The Morgan fingerprint density at radius 2 is 0.861 bits per heavy atom. The summed E-state index contributed by atoms with van der Waals surface area (Å²) in [5.74, 6) is -23.1. The number of aliphatic hydroxyl groups is 15. The molecule has 5 aromatic rings. The molecule has 6 rings (SSSR count). The highest BCUT2D eigenvalue weighted by molar-refractivity contribution is 7.99. The second-order valence-corrected chi connectivity index (χ2v) is 36.0. The van der Waals surface area contributed by atoms with Crippen molar-refractivity contribution in [3.8, 4) is 11.1 Å². The van der Waals surface area contributed by atoms with Crippen LogP contribution in [-0.2, 0) is 80.0 Å². The fourth-order valence-electron chi connectivity index (χ4n) is 15.2. The average Bonchev–Trinajstić information content (AvgIpc) is 1.61. The number of aromatic amines is 2. The molecule has 0 saturated carbocycles. The number of thioether (sulfide) groups is 1. The van der Waals surface area contributed by atoms with Crippen molar-refractivity contribution in [2.45, 2.75) is 245 Å². The number of aliphatic hydroxyl groups excluding tert-OH is 15. The number of carbonyl (C=O) groups is 15. The van der Waals surface area contributed by atoms with Crippen LogP contribution in [0.2, 0.25) is 0 Å². The second-order valence-electron chi connectivity index (χ2n) is 33.7. The van der Waals surface area contributed by atoms with Crippen LogP contribution in [0.3, 0.4) is 0 Å². The van der Waals surface area contributed by atoms with E-state index in [-0.39, 0.29) is 56.3 Å². The Morgan fingerprint density at radius 3 is 1.30 bits per heavy atom. The topological polar surface area (TPSA) is 812 Å². The number of rotatable bonds is 69. The minimum Gasteiger partial charge on any atom is -0.481 e. The summed E-state index contributed by atoms with van der Waals surface area (Å²) in [4.78, 5) is 228. The van der Waals surface area contributed by atoms with Gasteiger partial charge in [0.15, 0.2) is 17.3 Å². The maximum absolute atomic E-state index is 15.0. The van der Waals surface area contributed by atoms with Crippen molar-refractivity contribution in [2.75, 3.05) is 63.2 Å². The molecule has 30 N–H and O–H groups in total. The van der Waals surface area contributed by atoms with Gasteiger partial charge in [-0.2, -0.15) is 16.7 Å². The van der Waals surface area contributed by atoms with Gasteiger partial charge in [-0.3, -0.25) is 76.9 Å². The predicted molar refractivity (Wildman–Crippen MR) is 486 cm³/mol. The Morgan fingerprint density at radius 1 is 0.438 bits per heavy atom. The second kappa shape index (κ2) is 58.0. The van der Waals surface area contributed by atoms with Crippen LogP contribution in [-0.4, -0.2) is 349 Å². The van der Waals surface area contributed by atoms with Crippen LogP contribution in [0.5, 0.6) is 0 Å². The summed E-state index contributed by atoms with van der Waals surface area (Å²) < 4.78 is 0. The van der Waals surface area contributed by atoms with E-state index < -0.39 is 345 Å². The molecule has 137 heavy (non-hydrogen) atoms. The summed E-state index contributed by atoms with van der Waals surface area (Å²) >= 11 is 2.60. The first-order valence-corrected chi connectivity index (χ1v) is 46.6. The molecule has 0 unspecified atom stereocenters. The van der Waals surface area contributed by atoms with Crippen molar-refractivity contribution in [3.63, 3.8) is 0 Å². The number of nitrogens with two attached hydrogens (primary N) is 1. The number of benzene rings is 2. The van der Waals surface area contributed by atoms with Crippen LogP contribution in [0.1, 0.15) is 172 Å². The largest absolute Gasteiger partial charge is 0.481 e. The zero-order chi connectivity index (χ0) is 101. The highest BCUT2D eigenvalue weighted by Crippen LogP contribution is 2.46. The standard InChI is InChI=1S/C89H125N11O35S2/c90-89-99-82-55(86(131)100-89)36-48(95-82)8-7-9-50-19-22-69(137-50)62(107)35-47(87(132)133)18-26-70(114)91-30-6-5-14-59(88(134)135)98-85(130)46(17-25-73(117)94-39-65(110)78(124)81(127)68(113)42-103)34-61(106)58(21-28-75(120)121)97-84(129)45(16-24-72(116)93-38-64(109)77(123)80(126)67(112)41-102)33-60(105)57(20-27-74(118)119)96-83(128)44(15-23-71(115)92-37-63(108)76(122)79(125)66(111)40-101)32-49(104)29-31-136-43-56-53-12-3-1-10-51(53)52-11-2-4-13-54(52)56/h1-4,10-13,19,22,36,44-47,56-59,63-68,76-81,101-103,108-113,122-127H,5-9,14-18,20-21,23-35,37-43H2,(H,91,114)(H,92,115)(H,93,116)(H,94,117)(H,96,128)(H,97,129)(H,98,130)(H,118,119)(H,120,121)(H,132,133)(H,134,135)(H4,90,95,99,100,131)/t44-,45-,46-,47-,57+,58+,59+,63+,64+,65+,66-,67-,68-,76-,77-,78-,79-,80-,81-/m1/s1. The zero-order valence-corrected chi connectivity index (χ0v) is 76.5. The number of nitrogens with zero attached hydrogens (tertiary/aromatic N) is 1. The Balaban J connectivity index is 1.20.